The van der Waals surface area contributed by atoms with E-state index in [1.807, 2.05) is 24.3 Å². The first-order valence-electron chi connectivity index (χ1n) is 10.8. The molecule has 1 fully saturated rings. The number of aliphatic hydroxyl groups excluding tert-OH is 1. The number of benzene rings is 1. The van der Waals surface area contributed by atoms with Gasteiger partial charge in [0, 0.05) is 31.5 Å². The van der Waals surface area contributed by atoms with Crippen LogP contribution in [0.3, 0.4) is 0 Å². The molecular weight excluding hydrogens is 469 g/mol. The molecule has 0 bridgehead atoms. The predicted molar refractivity (Wildman–Crippen MR) is 123 cm³/mol. The van der Waals surface area contributed by atoms with Crippen molar-refractivity contribution < 1.29 is 23.1 Å². The van der Waals surface area contributed by atoms with Gasteiger partial charge in [0.05, 0.1) is 10.4 Å². The van der Waals surface area contributed by atoms with Gasteiger partial charge < -0.3 is 28.0 Å². The molecule has 33 heavy (non-hydrogen) atoms. The molecule has 4 aromatic rings. The fraction of sp³-hybridized carbons (Fsp3) is 0.391. The van der Waals surface area contributed by atoms with Gasteiger partial charge in [-0.2, -0.15) is 0 Å². The van der Waals surface area contributed by atoms with Crippen LogP contribution in [0.1, 0.15) is 30.4 Å². The van der Waals surface area contributed by atoms with E-state index in [0.717, 1.165) is 37.1 Å². The smallest absolute Gasteiger partial charge is 0.283 e. The maximum Gasteiger partial charge on any atom is 0.283 e. The van der Waals surface area contributed by atoms with E-state index < -0.39 is 6.10 Å². The fourth-order valence-corrected chi connectivity index (χ4v) is 4.45. The Morgan fingerprint density at radius 1 is 1.15 bits per heavy atom. The third-order valence-electron chi connectivity index (χ3n) is 5.81. The van der Waals surface area contributed by atoms with E-state index in [-0.39, 0.29) is 17.7 Å². The van der Waals surface area contributed by atoms with Crippen LogP contribution in [0.25, 0.3) is 22.6 Å². The van der Waals surface area contributed by atoms with Gasteiger partial charge in [0.25, 0.3) is 5.89 Å². The molecule has 3 aromatic heterocycles. The van der Waals surface area contributed by atoms with Gasteiger partial charge in [-0.1, -0.05) is 17.7 Å². The number of aliphatic hydroxyl groups is 1. The van der Waals surface area contributed by atoms with Gasteiger partial charge in [-0.25, -0.2) is 0 Å². The van der Waals surface area contributed by atoms with Gasteiger partial charge in [0.2, 0.25) is 11.1 Å². The number of hydrogen-bond donors (Lipinski definition) is 1. The monoisotopic (exact) mass is 491 g/mol. The SMILES string of the molecule is Cc1nnc(-c2cc3c(OC[C@@H](O)CN4CCC(c5cc(Cl)c(Cl)o5)CC4)cccc3o2)o1. The number of aryl methyl sites for hydroxylation is 1. The van der Waals surface area contributed by atoms with Crippen molar-refractivity contribution >= 4 is 34.2 Å². The summed E-state index contributed by atoms with van der Waals surface area (Å²) in [6.45, 7) is 4.12. The minimum Gasteiger partial charge on any atom is -0.490 e. The summed E-state index contributed by atoms with van der Waals surface area (Å²) in [6.07, 6.45) is 1.20. The average molecular weight is 492 g/mol. The number of rotatable bonds is 7. The van der Waals surface area contributed by atoms with E-state index in [0.29, 0.717) is 40.4 Å². The van der Waals surface area contributed by atoms with E-state index in [1.54, 1.807) is 13.0 Å². The van der Waals surface area contributed by atoms with Crippen molar-refractivity contribution in [2.24, 2.45) is 0 Å². The fourth-order valence-electron chi connectivity index (χ4n) is 4.16. The molecule has 0 radical (unpaired) electrons. The van der Waals surface area contributed by atoms with Crippen LogP contribution in [0, 0.1) is 6.92 Å². The van der Waals surface area contributed by atoms with E-state index in [2.05, 4.69) is 15.1 Å². The van der Waals surface area contributed by atoms with Crippen LogP contribution in [-0.4, -0.2) is 52.5 Å². The lowest BCUT2D eigenvalue weighted by Gasteiger charge is -2.32. The van der Waals surface area contributed by atoms with E-state index in [1.165, 1.54) is 0 Å². The van der Waals surface area contributed by atoms with Gasteiger partial charge in [0.15, 0.2) is 5.76 Å². The third-order valence-corrected chi connectivity index (χ3v) is 6.47. The molecule has 5 rings (SSSR count). The Morgan fingerprint density at radius 2 is 1.97 bits per heavy atom. The van der Waals surface area contributed by atoms with Crippen LogP contribution in [0.15, 0.2) is 43.6 Å². The summed E-state index contributed by atoms with van der Waals surface area (Å²) in [5.41, 5.74) is 0.646. The molecule has 174 valence electrons. The van der Waals surface area contributed by atoms with Crippen LogP contribution in [0.4, 0.5) is 0 Å². The second-order valence-corrected chi connectivity index (χ2v) is 8.97. The molecule has 0 spiro atoms. The molecule has 10 heteroatoms. The summed E-state index contributed by atoms with van der Waals surface area (Å²) in [5, 5.41) is 19.9. The van der Waals surface area contributed by atoms with Crippen molar-refractivity contribution in [1.82, 2.24) is 15.1 Å². The molecule has 0 amide bonds. The number of aromatic nitrogens is 2. The van der Waals surface area contributed by atoms with Gasteiger partial charge in [-0.3, -0.25) is 0 Å². The molecule has 0 saturated carbocycles. The van der Waals surface area contributed by atoms with Crippen molar-refractivity contribution in [3.8, 4) is 17.4 Å². The van der Waals surface area contributed by atoms with E-state index >= 15 is 0 Å². The van der Waals surface area contributed by atoms with E-state index in [9.17, 15) is 5.11 Å². The number of piperidine rings is 1. The molecule has 1 atom stereocenters. The van der Waals surface area contributed by atoms with Crippen molar-refractivity contribution in [1.29, 1.82) is 0 Å². The molecule has 1 N–H and O–H groups in total. The van der Waals surface area contributed by atoms with Gasteiger partial charge >= 0.3 is 0 Å². The first-order chi connectivity index (χ1) is 16.0. The van der Waals surface area contributed by atoms with Crippen molar-refractivity contribution in [3.63, 3.8) is 0 Å². The quantitative estimate of drug-likeness (QED) is 0.371. The second kappa shape index (κ2) is 9.38. The molecule has 1 saturated heterocycles. The van der Waals surface area contributed by atoms with Gasteiger partial charge in [0.1, 0.15) is 29.8 Å². The van der Waals surface area contributed by atoms with Crippen LogP contribution in [0.5, 0.6) is 5.75 Å². The lowest BCUT2D eigenvalue weighted by Crippen LogP contribution is -2.40. The Morgan fingerprint density at radius 3 is 2.67 bits per heavy atom. The average Bonchev–Trinajstić information content (AvgIpc) is 3.51. The van der Waals surface area contributed by atoms with E-state index in [4.69, 9.17) is 41.2 Å². The summed E-state index contributed by atoms with van der Waals surface area (Å²) in [4.78, 5) is 2.23. The molecule has 0 unspecified atom stereocenters. The summed E-state index contributed by atoms with van der Waals surface area (Å²) < 4.78 is 22.7. The molecule has 8 nitrogen and oxygen atoms in total. The van der Waals surface area contributed by atoms with Crippen LogP contribution in [0.2, 0.25) is 10.2 Å². The van der Waals surface area contributed by atoms with Crippen molar-refractivity contribution in [2.75, 3.05) is 26.2 Å². The number of fused-ring (bicyclic) bond motifs is 1. The Bertz CT molecular complexity index is 1220. The summed E-state index contributed by atoms with van der Waals surface area (Å²) in [5.74, 6) is 3.00. The first kappa shape index (κ1) is 22.3. The molecule has 1 aliphatic heterocycles. The number of furan rings is 2. The Kier molecular flexibility index (Phi) is 6.34. The van der Waals surface area contributed by atoms with Crippen LogP contribution < -0.4 is 4.74 Å². The lowest BCUT2D eigenvalue weighted by atomic mass is 9.94. The summed E-state index contributed by atoms with van der Waals surface area (Å²) >= 11 is 11.9. The predicted octanol–water partition coefficient (Wildman–Crippen LogP) is 5.31. The zero-order chi connectivity index (χ0) is 22.9. The number of hydrogen-bond acceptors (Lipinski definition) is 8. The Hall–Kier alpha value is -2.52. The first-order valence-corrected chi connectivity index (χ1v) is 11.5. The summed E-state index contributed by atoms with van der Waals surface area (Å²) in [7, 11) is 0. The molecule has 0 aliphatic carbocycles. The van der Waals surface area contributed by atoms with Gasteiger partial charge in [-0.15, -0.1) is 10.2 Å². The van der Waals surface area contributed by atoms with Crippen LogP contribution in [-0.2, 0) is 0 Å². The lowest BCUT2D eigenvalue weighted by molar-refractivity contribution is 0.0590. The second-order valence-electron chi connectivity index (χ2n) is 8.21. The normalized spacial score (nSPS) is 16.5. The number of nitrogens with zero attached hydrogens (tertiary/aromatic N) is 3. The topological polar surface area (TPSA) is 97.9 Å². The summed E-state index contributed by atoms with van der Waals surface area (Å²) in [6, 6.07) is 9.14. The van der Waals surface area contributed by atoms with Crippen LogP contribution >= 0.6 is 23.2 Å². The molecule has 1 aromatic carbocycles. The number of β-amino-alcohol motifs (C(OH)–C–C–N with tert-alkyl or cyclic N) is 1. The maximum atomic E-state index is 10.6. The largest absolute Gasteiger partial charge is 0.490 e. The highest BCUT2D eigenvalue weighted by molar-refractivity contribution is 6.40. The molecular formula is C23H23Cl2N3O5. The maximum absolute atomic E-state index is 10.6. The highest BCUT2D eigenvalue weighted by Crippen LogP contribution is 2.35. The Balaban J connectivity index is 1.16. The zero-order valence-corrected chi connectivity index (χ0v) is 19.5. The van der Waals surface area contributed by atoms with Crippen molar-refractivity contribution in [3.05, 3.63) is 52.2 Å². The Labute approximate surface area is 200 Å². The number of halogens is 2. The van der Waals surface area contributed by atoms with Gasteiger partial charge in [-0.05, 0) is 49.7 Å². The number of ether oxygens (including phenoxy) is 1. The zero-order valence-electron chi connectivity index (χ0n) is 18.0. The number of likely N-dealkylation sites (tertiary alicyclic amines) is 1. The highest BCUT2D eigenvalue weighted by Gasteiger charge is 2.25. The standard InChI is InChI=1S/C23H23Cl2N3O5/c1-13-26-27-23(31-13)21-9-16-18(3-2-4-19(16)32-21)30-12-15(29)11-28-7-5-14(6-8-28)20-10-17(24)22(25)33-20/h2-4,9-10,14-15,29H,5-8,11-12H2,1H3/t15-/m0/s1. The minimum absolute atomic E-state index is 0.169. The third kappa shape index (κ3) is 4.89. The molecule has 1 aliphatic rings. The van der Waals surface area contributed by atoms with Crippen molar-refractivity contribution in [2.45, 2.75) is 31.8 Å². The highest BCUT2D eigenvalue weighted by atomic mass is 35.5. The molecule has 4 heterocycles. The minimum atomic E-state index is -0.630.